The molecule has 0 radical (unpaired) electrons. The number of H-pyrrole nitrogens is 1. The van der Waals surface area contributed by atoms with Crippen LogP contribution in [0.5, 0.6) is 0 Å². The monoisotopic (exact) mass is 379 g/mol. The molecule has 3 aromatic rings. The molecule has 1 saturated heterocycles. The molecule has 1 amide bonds. The molecule has 148 valence electrons. The summed E-state index contributed by atoms with van der Waals surface area (Å²) in [4.78, 5) is 18.4. The highest BCUT2D eigenvalue weighted by atomic mass is 16.3. The van der Waals surface area contributed by atoms with E-state index < -0.39 is 0 Å². The van der Waals surface area contributed by atoms with Crippen molar-refractivity contribution in [2.24, 2.45) is 0 Å². The molecule has 1 fully saturated rings. The molecule has 4 rings (SSSR count). The highest BCUT2D eigenvalue weighted by Crippen LogP contribution is 2.35. The zero-order valence-corrected chi connectivity index (χ0v) is 16.7. The molecule has 0 aliphatic carbocycles. The molecule has 2 N–H and O–H groups in total. The summed E-state index contributed by atoms with van der Waals surface area (Å²) in [5.74, 6) is 0.419. The van der Waals surface area contributed by atoms with Gasteiger partial charge in [0.05, 0.1) is 11.8 Å². The van der Waals surface area contributed by atoms with E-state index in [4.69, 9.17) is 4.42 Å². The Morgan fingerprint density at radius 3 is 2.71 bits per heavy atom. The number of amides is 1. The summed E-state index contributed by atoms with van der Waals surface area (Å²) in [6.45, 7) is 6.92. The van der Waals surface area contributed by atoms with Gasteiger partial charge in [0, 0.05) is 28.8 Å². The van der Waals surface area contributed by atoms with Crippen molar-refractivity contribution in [1.29, 1.82) is 0 Å². The van der Waals surface area contributed by atoms with Gasteiger partial charge in [-0.1, -0.05) is 13.8 Å². The van der Waals surface area contributed by atoms with Crippen molar-refractivity contribution < 1.29 is 9.21 Å². The van der Waals surface area contributed by atoms with Gasteiger partial charge in [0.2, 0.25) is 0 Å². The number of fused-ring (bicyclic) bond motifs is 1. The van der Waals surface area contributed by atoms with E-state index >= 15 is 0 Å². The van der Waals surface area contributed by atoms with Gasteiger partial charge in [-0.05, 0) is 74.5 Å². The Balaban J connectivity index is 1.50. The number of aromatic nitrogens is 1. The van der Waals surface area contributed by atoms with Crippen LogP contribution in [0.3, 0.4) is 0 Å². The lowest BCUT2D eigenvalue weighted by Gasteiger charge is -2.37. The number of hydrogen-bond acceptors (Lipinski definition) is 3. The van der Waals surface area contributed by atoms with Crippen LogP contribution in [0.2, 0.25) is 0 Å². The summed E-state index contributed by atoms with van der Waals surface area (Å²) in [5, 5.41) is 4.19. The second kappa shape index (κ2) is 8.23. The molecule has 5 heteroatoms. The van der Waals surface area contributed by atoms with Crippen LogP contribution in [0.15, 0.2) is 47.4 Å². The van der Waals surface area contributed by atoms with Crippen LogP contribution in [0.25, 0.3) is 10.9 Å². The largest absolute Gasteiger partial charge is 0.472 e. The number of rotatable bonds is 6. The Kier molecular flexibility index (Phi) is 5.53. The zero-order valence-electron chi connectivity index (χ0n) is 16.7. The minimum Gasteiger partial charge on any atom is -0.472 e. The number of likely N-dealkylation sites (tertiary alicyclic amines) is 1. The number of anilines is 1. The normalized spacial score (nSPS) is 16.1. The van der Waals surface area contributed by atoms with E-state index in [1.807, 2.05) is 12.1 Å². The number of nitrogens with zero attached hydrogens (tertiary/aromatic N) is 1. The smallest absolute Gasteiger partial charge is 0.258 e. The van der Waals surface area contributed by atoms with Gasteiger partial charge >= 0.3 is 0 Å². The molecule has 0 unspecified atom stereocenters. The van der Waals surface area contributed by atoms with Crippen LogP contribution < -0.4 is 5.32 Å². The number of carbonyl (C=O) groups is 1. The molecule has 1 aromatic carbocycles. The van der Waals surface area contributed by atoms with E-state index in [1.54, 1.807) is 6.07 Å². The third-order valence-corrected chi connectivity index (χ3v) is 6.18. The van der Waals surface area contributed by atoms with E-state index in [9.17, 15) is 4.79 Å². The highest BCUT2D eigenvalue weighted by molar-refractivity contribution is 6.05. The summed E-state index contributed by atoms with van der Waals surface area (Å²) < 4.78 is 5.00. The number of hydrogen-bond donors (Lipinski definition) is 2. The van der Waals surface area contributed by atoms with E-state index in [0.717, 1.165) is 11.2 Å². The Morgan fingerprint density at radius 1 is 1.25 bits per heavy atom. The zero-order chi connectivity index (χ0) is 19.5. The van der Waals surface area contributed by atoms with E-state index in [1.165, 1.54) is 62.2 Å². The lowest BCUT2D eigenvalue weighted by Crippen LogP contribution is -2.40. The molecular formula is C23H29N3O2. The first kappa shape index (κ1) is 18.8. The predicted molar refractivity (Wildman–Crippen MR) is 113 cm³/mol. The number of piperidine rings is 1. The maximum atomic E-state index is 12.3. The number of aromatic amines is 1. The number of furan rings is 1. The lowest BCUT2D eigenvalue weighted by atomic mass is 9.88. The average Bonchev–Trinajstić information content (AvgIpc) is 3.39. The molecule has 0 saturated carbocycles. The number of benzene rings is 1. The second-order valence-corrected chi connectivity index (χ2v) is 7.75. The minimum absolute atomic E-state index is 0.149. The van der Waals surface area contributed by atoms with Crippen LogP contribution in [0, 0.1) is 0 Å². The second-order valence-electron chi connectivity index (χ2n) is 7.75. The first-order chi connectivity index (χ1) is 13.7. The van der Waals surface area contributed by atoms with E-state index in [0.29, 0.717) is 17.5 Å². The fraction of sp³-hybridized carbons (Fsp3) is 0.435. The topological polar surface area (TPSA) is 61.3 Å². The predicted octanol–water partition coefficient (Wildman–Crippen LogP) is 5.38. The van der Waals surface area contributed by atoms with Crippen LogP contribution in [-0.2, 0) is 0 Å². The quantitative estimate of drug-likeness (QED) is 0.604. The van der Waals surface area contributed by atoms with Gasteiger partial charge in [0.1, 0.15) is 6.26 Å². The van der Waals surface area contributed by atoms with Crippen molar-refractivity contribution in [3.05, 3.63) is 54.1 Å². The lowest BCUT2D eigenvalue weighted by molar-refractivity contribution is 0.102. The van der Waals surface area contributed by atoms with Gasteiger partial charge in [-0.3, -0.25) is 4.79 Å². The van der Waals surface area contributed by atoms with E-state index in [-0.39, 0.29) is 5.91 Å². The summed E-state index contributed by atoms with van der Waals surface area (Å²) in [5.41, 5.74) is 3.84. The molecule has 28 heavy (non-hydrogen) atoms. The SMILES string of the molecule is CCC(CC)N1CCC(c2c[nH]c3ccc(NC(=O)c4ccoc4)cc23)CC1. The summed E-state index contributed by atoms with van der Waals surface area (Å²) in [6, 6.07) is 8.46. The number of nitrogens with one attached hydrogen (secondary N) is 2. The average molecular weight is 380 g/mol. The van der Waals surface area contributed by atoms with Crippen molar-refractivity contribution in [3.63, 3.8) is 0 Å². The van der Waals surface area contributed by atoms with E-state index in [2.05, 4.69) is 41.3 Å². The highest BCUT2D eigenvalue weighted by Gasteiger charge is 2.25. The standard InChI is InChI=1S/C23H29N3O2/c1-3-19(4-2)26-10-7-16(8-11-26)21-14-24-22-6-5-18(13-20(21)22)25-23(27)17-9-12-28-15-17/h5-6,9,12-16,19,24H,3-4,7-8,10-11H2,1-2H3,(H,25,27). The van der Waals surface area contributed by atoms with Gasteiger partial charge in [0.25, 0.3) is 5.91 Å². The van der Waals surface area contributed by atoms with Gasteiger partial charge < -0.3 is 19.6 Å². The summed E-state index contributed by atoms with van der Waals surface area (Å²) >= 11 is 0. The van der Waals surface area contributed by atoms with Gasteiger partial charge in [-0.15, -0.1) is 0 Å². The third kappa shape index (κ3) is 3.72. The molecule has 0 atom stereocenters. The minimum atomic E-state index is -0.149. The van der Waals surface area contributed by atoms with Crippen LogP contribution >= 0.6 is 0 Å². The van der Waals surface area contributed by atoms with Crippen LogP contribution in [-0.4, -0.2) is 34.9 Å². The molecule has 0 bridgehead atoms. The van der Waals surface area contributed by atoms with Gasteiger partial charge in [0.15, 0.2) is 0 Å². The molecule has 3 heterocycles. The molecule has 2 aromatic heterocycles. The Hall–Kier alpha value is -2.53. The molecular weight excluding hydrogens is 350 g/mol. The summed E-state index contributed by atoms with van der Waals surface area (Å²) in [6.07, 6.45) is 9.97. The van der Waals surface area contributed by atoms with Crippen molar-refractivity contribution in [3.8, 4) is 0 Å². The fourth-order valence-corrected chi connectivity index (χ4v) is 4.54. The Labute approximate surface area is 166 Å². The first-order valence-corrected chi connectivity index (χ1v) is 10.4. The van der Waals surface area contributed by atoms with Gasteiger partial charge in [-0.2, -0.15) is 0 Å². The maximum Gasteiger partial charge on any atom is 0.258 e. The molecule has 1 aliphatic heterocycles. The van der Waals surface area contributed by atoms with Crippen molar-refractivity contribution in [1.82, 2.24) is 9.88 Å². The van der Waals surface area contributed by atoms with Crippen molar-refractivity contribution in [2.45, 2.75) is 51.5 Å². The molecule has 1 aliphatic rings. The Bertz CT molecular complexity index is 917. The summed E-state index contributed by atoms with van der Waals surface area (Å²) in [7, 11) is 0. The van der Waals surface area contributed by atoms with Crippen molar-refractivity contribution in [2.75, 3.05) is 18.4 Å². The molecule has 0 spiro atoms. The number of carbonyl (C=O) groups excluding carboxylic acids is 1. The van der Waals surface area contributed by atoms with Crippen LogP contribution in [0.4, 0.5) is 5.69 Å². The molecule has 5 nitrogen and oxygen atoms in total. The first-order valence-electron chi connectivity index (χ1n) is 10.4. The van der Waals surface area contributed by atoms with Crippen LogP contribution in [0.1, 0.15) is 61.4 Å². The maximum absolute atomic E-state index is 12.3. The third-order valence-electron chi connectivity index (χ3n) is 6.18. The fourth-order valence-electron chi connectivity index (χ4n) is 4.54. The van der Waals surface area contributed by atoms with Crippen molar-refractivity contribution >= 4 is 22.5 Å². The Morgan fingerprint density at radius 2 is 2.04 bits per heavy atom. The van der Waals surface area contributed by atoms with Gasteiger partial charge in [-0.25, -0.2) is 0 Å².